The van der Waals surface area contributed by atoms with Crippen molar-refractivity contribution in [2.24, 2.45) is 0 Å². The van der Waals surface area contributed by atoms with Gasteiger partial charge in [0, 0.05) is 16.8 Å². The second kappa shape index (κ2) is 6.62. The molecule has 0 spiro atoms. The first-order chi connectivity index (χ1) is 11.1. The number of aliphatic hydroxyl groups is 1. The van der Waals surface area contributed by atoms with Gasteiger partial charge in [-0.3, -0.25) is 19.3 Å². The summed E-state index contributed by atoms with van der Waals surface area (Å²) in [5, 5.41) is 11.0. The standard InChI is InChI=1S/C14H10ClF3N2O4/c15-7-1-2-9(8(5-7)12(23)14(16,17)18)19-10-6-11(22)20(3-4-21)13(10)24/h1-2,5-6,19,21H,3-4H2. The van der Waals surface area contributed by atoms with E-state index in [2.05, 4.69) is 5.32 Å². The van der Waals surface area contributed by atoms with Crippen LogP contribution in [-0.4, -0.2) is 46.9 Å². The molecular formula is C14H10ClF3N2O4. The van der Waals surface area contributed by atoms with Gasteiger partial charge < -0.3 is 10.4 Å². The molecule has 6 nitrogen and oxygen atoms in total. The number of nitrogens with one attached hydrogen (secondary N) is 1. The number of anilines is 1. The van der Waals surface area contributed by atoms with Crippen LogP contribution in [-0.2, 0) is 9.59 Å². The Labute approximate surface area is 138 Å². The van der Waals surface area contributed by atoms with Gasteiger partial charge in [-0.2, -0.15) is 13.2 Å². The van der Waals surface area contributed by atoms with Crippen molar-refractivity contribution < 1.29 is 32.7 Å². The van der Waals surface area contributed by atoms with E-state index in [0.717, 1.165) is 18.2 Å². The lowest BCUT2D eigenvalue weighted by Crippen LogP contribution is -2.34. The number of carbonyl (C=O) groups is 3. The molecule has 128 valence electrons. The van der Waals surface area contributed by atoms with Crippen LogP contribution in [0, 0.1) is 0 Å². The largest absolute Gasteiger partial charge is 0.454 e. The number of Topliss-reactive ketones (excluding diaryl/α,β-unsaturated/α-hetero) is 1. The first-order valence-corrected chi connectivity index (χ1v) is 6.89. The van der Waals surface area contributed by atoms with Crippen LogP contribution in [0.2, 0.25) is 5.02 Å². The van der Waals surface area contributed by atoms with Crippen molar-refractivity contribution in [3.05, 3.63) is 40.6 Å². The number of alkyl halides is 3. The second-order valence-electron chi connectivity index (χ2n) is 4.72. The normalized spacial score (nSPS) is 14.9. The fourth-order valence-corrected chi connectivity index (χ4v) is 2.19. The van der Waals surface area contributed by atoms with Crippen molar-refractivity contribution in [3.8, 4) is 0 Å². The SMILES string of the molecule is O=C1C=C(Nc2ccc(Cl)cc2C(=O)C(F)(F)F)C(=O)N1CCO. The highest BCUT2D eigenvalue weighted by Gasteiger charge is 2.41. The number of benzene rings is 1. The summed E-state index contributed by atoms with van der Waals surface area (Å²) in [5.41, 5.74) is -1.41. The third-order valence-corrected chi connectivity index (χ3v) is 3.32. The van der Waals surface area contributed by atoms with Gasteiger partial charge in [0.05, 0.1) is 18.7 Å². The topological polar surface area (TPSA) is 86.7 Å². The Bertz CT molecular complexity index is 746. The van der Waals surface area contributed by atoms with E-state index in [1.165, 1.54) is 6.07 Å². The average Bonchev–Trinajstić information content (AvgIpc) is 2.75. The lowest BCUT2D eigenvalue weighted by atomic mass is 10.1. The molecule has 0 aliphatic carbocycles. The zero-order valence-electron chi connectivity index (χ0n) is 11.9. The average molecular weight is 363 g/mol. The molecule has 0 aromatic heterocycles. The quantitative estimate of drug-likeness (QED) is 0.615. The Hall–Kier alpha value is -2.39. The van der Waals surface area contributed by atoms with Crippen LogP contribution < -0.4 is 5.32 Å². The molecule has 2 N–H and O–H groups in total. The summed E-state index contributed by atoms with van der Waals surface area (Å²) in [7, 11) is 0. The summed E-state index contributed by atoms with van der Waals surface area (Å²) in [5.74, 6) is -3.69. The Morgan fingerprint density at radius 2 is 1.96 bits per heavy atom. The van der Waals surface area contributed by atoms with Crippen LogP contribution in [0.1, 0.15) is 10.4 Å². The molecule has 0 atom stereocenters. The van der Waals surface area contributed by atoms with Crippen LogP contribution in [0.25, 0.3) is 0 Å². The molecule has 1 aromatic carbocycles. The molecule has 0 radical (unpaired) electrons. The van der Waals surface area contributed by atoms with Crippen molar-refractivity contribution in [2.45, 2.75) is 6.18 Å². The van der Waals surface area contributed by atoms with Crippen molar-refractivity contribution in [1.82, 2.24) is 4.90 Å². The molecule has 0 fully saturated rings. The summed E-state index contributed by atoms with van der Waals surface area (Å²) in [6.45, 7) is -0.717. The number of imide groups is 1. The zero-order chi connectivity index (χ0) is 18.1. The molecule has 24 heavy (non-hydrogen) atoms. The first kappa shape index (κ1) is 18.0. The number of amides is 2. The van der Waals surface area contributed by atoms with Crippen molar-refractivity contribution in [2.75, 3.05) is 18.5 Å². The third kappa shape index (κ3) is 3.57. The Kier molecular flexibility index (Phi) is 4.95. The highest BCUT2D eigenvalue weighted by atomic mass is 35.5. The minimum atomic E-state index is -5.13. The van der Waals surface area contributed by atoms with Gasteiger partial charge in [0.2, 0.25) is 0 Å². The number of nitrogens with zero attached hydrogens (tertiary/aromatic N) is 1. The molecular weight excluding hydrogens is 353 g/mol. The number of halogens is 4. The summed E-state index contributed by atoms with van der Waals surface area (Å²) in [6, 6.07) is 3.13. The number of β-amino-alcohol motifs (C(OH)–C–C–N with tert-alkyl or cyclic N) is 1. The van der Waals surface area contributed by atoms with Gasteiger partial charge in [0.1, 0.15) is 5.70 Å². The Morgan fingerprint density at radius 3 is 2.54 bits per heavy atom. The molecule has 2 rings (SSSR count). The maximum Gasteiger partial charge on any atom is 0.454 e. The van der Waals surface area contributed by atoms with E-state index in [0.29, 0.717) is 4.90 Å². The van der Waals surface area contributed by atoms with E-state index >= 15 is 0 Å². The van der Waals surface area contributed by atoms with Gasteiger partial charge >= 0.3 is 6.18 Å². The number of rotatable bonds is 5. The number of hydrogen-bond acceptors (Lipinski definition) is 5. The van der Waals surface area contributed by atoms with E-state index in [4.69, 9.17) is 16.7 Å². The summed E-state index contributed by atoms with van der Waals surface area (Å²) in [4.78, 5) is 35.8. The maximum absolute atomic E-state index is 12.7. The predicted octanol–water partition coefficient (Wildman–Crippen LogP) is 1.74. The number of hydrogen-bond donors (Lipinski definition) is 2. The van der Waals surface area contributed by atoms with Crippen molar-refractivity contribution in [3.63, 3.8) is 0 Å². The molecule has 1 aliphatic heterocycles. The molecule has 1 aromatic rings. The Balaban J connectivity index is 2.35. The summed E-state index contributed by atoms with van der Waals surface area (Å²) < 4.78 is 38.0. The van der Waals surface area contributed by atoms with Crippen LogP contribution >= 0.6 is 11.6 Å². The first-order valence-electron chi connectivity index (χ1n) is 6.51. The fourth-order valence-electron chi connectivity index (χ4n) is 2.02. The molecule has 2 amide bonds. The van der Waals surface area contributed by atoms with E-state index in [-0.39, 0.29) is 23.0 Å². The van der Waals surface area contributed by atoms with Crippen LogP contribution in [0.15, 0.2) is 30.0 Å². The minimum absolute atomic E-state index is 0.0992. The van der Waals surface area contributed by atoms with E-state index in [1.807, 2.05) is 0 Å². The van der Waals surface area contributed by atoms with Crippen molar-refractivity contribution >= 4 is 34.9 Å². The molecule has 1 aliphatic rings. The molecule has 10 heteroatoms. The smallest absolute Gasteiger partial charge is 0.395 e. The lowest BCUT2D eigenvalue weighted by Gasteiger charge is -2.15. The van der Waals surface area contributed by atoms with Gasteiger partial charge in [0.25, 0.3) is 17.6 Å². The molecule has 0 bridgehead atoms. The third-order valence-electron chi connectivity index (χ3n) is 3.09. The molecule has 0 saturated heterocycles. The summed E-state index contributed by atoms with van der Waals surface area (Å²) >= 11 is 5.62. The van der Waals surface area contributed by atoms with Gasteiger partial charge in [-0.05, 0) is 18.2 Å². The van der Waals surface area contributed by atoms with E-state index in [9.17, 15) is 27.6 Å². The monoisotopic (exact) mass is 362 g/mol. The second-order valence-corrected chi connectivity index (χ2v) is 5.15. The van der Waals surface area contributed by atoms with E-state index < -0.39 is 35.9 Å². The molecule has 1 heterocycles. The summed E-state index contributed by atoms with van der Waals surface area (Å²) in [6.07, 6.45) is -4.26. The highest BCUT2D eigenvalue weighted by molar-refractivity contribution is 6.31. The Morgan fingerprint density at radius 1 is 1.29 bits per heavy atom. The van der Waals surface area contributed by atoms with Crippen molar-refractivity contribution in [1.29, 1.82) is 0 Å². The van der Waals surface area contributed by atoms with Crippen LogP contribution in [0.3, 0.4) is 0 Å². The zero-order valence-corrected chi connectivity index (χ0v) is 12.6. The van der Waals surface area contributed by atoms with Crippen LogP contribution in [0.5, 0.6) is 0 Å². The van der Waals surface area contributed by atoms with Crippen LogP contribution in [0.4, 0.5) is 18.9 Å². The number of aliphatic hydroxyl groups excluding tert-OH is 1. The van der Waals surface area contributed by atoms with Gasteiger partial charge in [-0.15, -0.1) is 0 Å². The molecule has 0 saturated carbocycles. The fraction of sp³-hybridized carbons (Fsp3) is 0.214. The highest BCUT2D eigenvalue weighted by Crippen LogP contribution is 2.30. The van der Waals surface area contributed by atoms with Gasteiger partial charge in [-0.25, -0.2) is 0 Å². The predicted molar refractivity (Wildman–Crippen MR) is 77.3 cm³/mol. The lowest BCUT2D eigenvalue weighted by molar-refractivity contribution is -0.137. The maximum atomic E-state index is 12.7. The van der Waals surface area contributed by atoms with Gasteiger partial charge in [-0.1, -0.05) is 11.6 Å². The number of carbonyl (C=O) groups excluding carboxylic acids is 3. The minimum Gasteiger partial charge on any atom is -0.395 e. The van der Waals surface area contributed by atoms with Gasteiger partial charge in [0.15, 0.2) is 0 Å². The molecule has 0 unspecified atom stereocenters. The number of ketones is 1. The van der Waals surface area contributed by atoms with E-state index in [1.54, 1.807) is 0 Å².